The highest BCUT2D eigenvalue weighted by atomic mass is 19.1. The van der Waals surface area contributed by atoms with E-state index in [2.05, 4.69) is 11.1 Å². The molecule has 1 aliphatic rings. The van der Waals surface area contributed by atoms with Crippen molar-refractivity contribution in [1.29, 1.82) is 5.26 Å². The molecule has 0 N–H and O–H groups in total. The highest BCUT2D eigenvalue weighted by Crippen LogP contribution is 2.42. The van der Waals surface area contributed by atoms with Crippen LogP contribution in [-0.2, 0) is 4.79 Å². The highest BCUT2D eigenvalue weighted by molar-refractivity contribution is 5.84. The summed E-state index contributed by atoms with van der Waals surface area (Å²) < 4.78 is 20.3. The number of likely N-dealkylation sites (tertiary alicyclic amines) is 1. The lowest BCUT2D eigenvalue weighted by molar-refractivity contribution is -0.131. The van der Waals surface area contributed by atoms with Crippen molar-refractivity contribution in [2.24, 2.45) is 0 Å². The first kappa shape index (κ1) is 21.6. The van der Waals surface area contributed by atoms with Gasteiger partial charge in [-0.25, -0.2) is 4.39 Å². The number of carbonyl (C=O) groups excluding carboxylic acids is 1. The van der Waals surface area contributed by atoms with Gasteiger partial charge in [-0.2, -0.15) is 5.26 Å². The third-order valence-corrected chi connectivity index (χ3v) is 6.16. The first-order valence-electron chi connectivity index (χ1n) is 11.2. The summed E-state index contributed by atoms with van der Waals surface area (Å²) in [5.74, 6) is 0.258. The first-order valence-corrected chi connectivity index (χ1v) is 11.2. The molecule has 5 nitrogen and oxygen atoms in total. The predicted molar refractivity (Wildman–Crippen MR) is 126 cm³/mol. The zero-order chi connectivity index (χ0) is 23.5. The van der Waals surface area contributed by atoms with E-state index in [9.17, 15) is 9.18 Å². The van der Waals surface area contributed by atoms with Gasteiger partial charge >= 0.3 is 0 Å². The number of benzene rings is 3. The SMILES string of the molecule is N#Cc1ccc(O[C@@H](c2ccc(F)cc2)C(c2cccc3cccnc23)N2CCCC2=O)cc1. The molecular formula is C28H22FN3O2. The monoisotopic (exact) mass is 451 g/mol. The molecule has 1 aromatic heterocycles. The number of rotatable bonds is 6. The van der Waals surface area contributed by atoms with E-state index in [4.69, 9.17) is 10.00 Å². The summed E-state index contributed by atoms with van der Waals surface area (Å²) in [4.78, 5) is 19.5. The molecule has 3 aromatic carbocycles. The van der Waals surface area contributed by atoms with Crippen molar-refractivity contribution in [1.82, 2.24) is 9.88 Å². The number of hydrogen-bond donors (Lipinski definition) is 0. The molecule has 0 aliphatic carbocycles. The van der Waals surface area contributed by atoms with Crippen LogP contribution in [0, 0.1) is 17.1 Å². The number of fused-ring (bicyclic) bond motifs is 1. The third kappa shape index (κ3) is 4.20. The van der Waals surface area contributed by atoms with Crippen LogP contribution in [0.5, 0.6) is 5.75 Å². The summed E-state index contributed by atoms with van der Waals surface area (Å²) in [5, 5.41) is 10.1. The fourth-order valence-electron chi connectivity index (χ4n) is 4.55. The molecule has 0 spiro atoms. The van der Waals surface area contributed by atoms with Gasteiger partial charge in [0.15, 0.2) is 0 Å². The average molecular weight is 452 g/mol. The van der Waals surface area contributed by atoms with E-state index in [1.807, 2.05) is 35.2 Å². The normalized spacial score (nSPS) is 15.2. The summed E-state index contributed by atoms with van der Waals surface area (Å²) in [5.41, 5.74) is 2.93. The Hall–Kier alpha value is -4.24. The maximum absolute atomic E-state index is 13.8. The molecule has 34 heavy (non-hydrogen) atoms. The maximum atomic E-state index is 13.8. The van der Waals surface area contributed by atoms with Crippen molar-refractivity contribution in [2.45, 2.75) is 25.0 Å². The van der Waals surface area contributed by atoms with Gasteiger partial charge in [-0.3, -0.25) is 9.78 Å². The van der Waals surface area contributed by atoms with Gasteiger partial charge in [-0.05, 0) is 54.4 Å². The Morgan fingerprint density at radius 1 is 1.00 bits per heavy atom. The molecule has 1 amide bonds. The van der Waals surface area contributed by atoms with Crippen LogP contribution in [-0.4, -0.2) is 22.3 Å². The number of pyridine rings is 1. The van der Waals surface area contributed by atoms with Crippen LogP contribution in [0.25, 0.3) is 10.9 Å². The molecule has 1 aliphatic heterocycles. The van der Waals surface area contributed by atoms with Gasteiger partial charge in [-0.1, -0.05) is 36.4 Å². The number of nitriles is 1. The van der Waals surface area contributed by atoms with Gasteiger partial charge in [0.25, 0.3) is 0 Å². The Morgan fingerprint density at radius 3 is 2.47 bits per heavy atom. The van der Waals surface area contributed by atoms with E-state index in [0.717, 1.165) is 28.5 Å². The summed E-state index contributed by atoms with van der Waals surface area (Å²) in [6, 6.07) is 24.4. The second kappa shape index (κ2) is 9.32. The molecule has 1 unspecified atom stereocenters. The molecule has 0 bridgehead atoms. The molecule has 4 aromatic rings. The van der Waals surface area contributed by atoms with Gasteiger partial charge in [-0.15, -0.1) is 0 Å². The zero-order valence-electron chi connectivity index (χ0n) is 18.4. The first-order chi connectivity index (χ1) is 16.6. The van der Waals surface area contributed by atoms with Gasteiger partial charge in [0.2, 0.25) is 5.91 Å². The number of ether oxygens (including phenoxy) is 1. The quantitative estimate of drug-likeness (QED) is 0.376. The molecule has 1 fully saturated rings. The molecular weight excluding hydrogens is 429 g/mol. The minimum Gasteiger partial charge on any atom is -0.483 e. The number of nitrogens with zero attached hydrogens (tertiary/aromatic N) is 3. The topological polar surface area (TPSA) is 66.2 Å². The Kier molecular flexibility index (Phi) is 5.92. The predicted octanol–water partition coefficient (Wildman–Crippen LogP) is 5.73. The van der Waals surface area contributed by atoms with Crippen LogP contribution in [0.2, 0.25) is 0 Å². The van der Waals surface area contributed by atoms with Crippen LogP contribution >= 0.6 is 0 Å². The van der Waals surface area contributed by atoms with Crippen LogP contribution in [0.3, 0.4) is 0 Å². The number of amides is 1. The number of halogens is 1. The Morgan fingerprint density at radius 2 is 1.76 bits per heavy atom. The smallest absolute Gasteiger partial charge is 0.223 e. The van der Waals surface area contributed by atoms with Gasteiger partial charge in [0.05, 0.1) is 17.1 Å². The summed E-state index contributed by atoms with van der Waals surface area (Å²) in [6.45, 7) is 0.598. The maximum Gasteiger partial charge on any atom is 0.223 e. The molecule has 6 heteroatoms. The minimum atomic E-state index is -0.622. The van der Waals surface area contributed by atoms with Gasteiger partial charge in [0, 0.05) is 30.1 Å². The minimum absolute atomic E-state index is 0.0495. The van der Waals surface area contributed by atoms with Crippen LogP contribution in [0.15, 0.2) is 85.1 Å². The second-order valence-corrected chi connectivity index (χ2v) is 8.28. The summed E-state index contributed by atoms with van der Waals surface area (Å²) >= 11 is 0. The van der Waals surface area contributed by atoms with Crippen molar-refractivity contribution in [3.8, 4) is 11.8 Å². The van der Waals surface area contributed by atoms with E-state index in [-0.39, 0.29) is 11.7 Å². The highest BCUT2D eigenvalue weighted by Gasteiger charge is 2.38. The van der Waals surface area contributed by atoms with Gasteiger partial charge < -0.3 is 9.64 Å². The second-order valence-electron chi connectivity index (χ2n) is 8.28. The van der Waals surface area contributed by atoms with E-state index in [1.54, 1.807) is 42.6 Å². The lowest BCUT2D eigenvalue weighted by Gasteiger charge is -2.35. The molecule has 5 rings (SSSR count). The standard InChI is InChI=1S/C28H22FN3O2/c29-22-12-10-21(11-13-22)28(34-23-14-8-19(18-30)9-15-23)27(32-17-3-7-25(32)33)24-6-1-4-20-5-2-16-31-26(20)24/h1-2,4-6,8-16,27-28H,3,7,17H2/t27?,28-/m0/s1. The van der Waals surface area contributed by atoms with E-state index in [0.29, 0.717) is 24.3 Å². The number of para-hydroxylation sites is 1. The molecule has 0 radical (unpaired) electrons. The van der Waals surface area contributed by atoms with Crippen molar-refractivity contribution in [3.05, 3.63) is 108 Å². The van der Waals surface area contributed by atoms with Crippen molar-refractivity contribution in [3.63, 3.8) is 0 Å². The van der Waals surface area contributed by atoms with Crippen LogP contribution in [0.1, 0.15) is 41.7 Å². The van der Waals surface area contributed by atoms with Crippen molar-refractivity contribution in [2.75, 3.05) is 6.54 Å². The largest absolute Gasteiger partial charge is 0.483 e. The molecule has 1 saturated heterocycles. The van der Waals surface area contributed by atoms with Crippen molar-refractivity contribution < 1.29 is 13.9 Å². The van der Waals surface area contributed by atoms with Crippen LogP contribution < -0.4 is 4.74 Å². The molecule has 2 atom stereocenters. The number of aromatic nitrogens is 1. The van der Waals surface area contributed by atoms with E-state index >= 15 is 0 Å². The van der Waals surface area contributed by atoms with Crippen LogP contribution in [0.4, 0.5) is 4.39 Å². The zero-order valence-corrected chi connectivity index (χ0v) is 18.4. The van der Waals surface area contributed by atoms with Gasteiger partial charge in [0.1, 0.15) is 23.7 Å². The lowest BCUT2D eigenvalue weighted by Crippen LogP contribution is -2.36. The molecule has 168 valence electrons. The fourth-order valence-corrected chi connectivity index (χ4v) is 4.55. The Bertz CT molecular complexity index is 1360. The third-order valence-electron chi connectivity index (χ3n) is 6.16. The van der Waals surface area contributed by atoms with E-state index in [1.165, 1.54) is 12.1 Å². The fraction of sp³-hybridized carbons (Fsp3) is 0.179. The van der Waals surface area contributed by atoms with Crippen molar-refractivity contribution >= 4 is 16.8 Å². The van der Waals surface area contributed by atoms with E-state index < -0.39 is 12.1 Å². The number of hydrogen-bond acceptors (Lipinski definition) is 4. The summed E-state index contributed by atoms with van der Waals surface area (Å²) in [7, 11) is 0. The lowest BCUT2D eigenvalue weighted by atomic mass is 9.92. The average Bonchev–Trinajstić information content (AvgIpc) is 3.30. The summed E-state index contributed by atoms with van der Waals surface area (Å²) in [6.07, 6.45) is 2.36. The Labute approximate surface area is 197 Å². The number of carbonyl (C=O) groups is 1. The Balaban J connectivity index is 1.68. The molecule has 2 heterocycles. The molecule has 0 saturated carbocycles.